The van der Waals surface area contributed by atoms with Gasteiger partial charge >= 0.3 is 0 Å². The topological polar surface area (TPSA) is 12.0 Å². The van der Waals surface area contributed by atoms with Gasteiger partial charge in [0.05, 0.1) is 0 Å². The number of nitrogens with one attached hydrogen (secondary N) is 1. The van der Waals surface area contributed by atoms with E-state index in [-0.39, 0.29) is 0 Å². The van der Waals surface area contributed by atoms with Crippen molar-refractivity contribution >= 4 is 0 Å². The molecular weight excluding hydrogens is 122 g/mol. The van der Waals surface area contributed by atoms with Gasteiger partial charge in [-0.3, -0.25) is 0 Å². The first-order valence-electron chi connectivity index (χ1n) is 4.37. The Morgan fingerprint density at radius 3 is 2.40 bits per heavy atom. The van der Waals surface area contributed by atoms with Crippen molar-refractivity contribution < 1.29 is 0 Å². The molecule has 0 saturated carbocycles. The van der Waals surface area contributed by atoms with Crippen LogP contribution in [0.5, 0.6) is 0 Å². The van der Waals surface area contributed by atoms with Gasteiger partial charge in [-0.2, -0.15) is 0 Å². The van der Waals surface area contributed by atoms with Crippen LogP contribution in [0.25, 0.3) is 0 Å². The van der Waals surface area contributed by atoms with Crippen LogP contribution in [-0.2, 0) is 0 Å². The fourth-order valence-electron chi connectivity index (χ4n) is 1.37. The van der Waals surface area contributed by atoms with E-state index in [4.69, 9.17) is 0 Å². The molecule has 0 aromatic heterocycles. The lowest BCUT2D eigenvalue weighted by Crippen LogP contribution is -2.54. The quantitative estimate of drug-likeness (QED) is 0.635. The van der Waals surface area contributed by atoms with Crippen molar-refractivity contribution in [2.24, 2.45) is 5.92 Å². The Morgan fingerprint density at radius 1 is 1.50 bits per heavy atom. The molecule has 0 aromatic rings. The zero-order valence-corrected chi connectivity index (χ0v) is 7.41. The normalized spacial score (nSPS) is 32.4. The van der Waals surface area contributed by atoms with Crippen LogP contribution in [-0.4, -0.2) is 12.1 Å². The Hall–Kier alpha value is -0.0400. The minimum Gasteiger partial charge on any atom is -0.311 e. The average molecular weight is 141 g/mol. The van der Waals surface area contributed by atoms with Gasteiger partial charge in [-0.1, -0.05) is 13.8 Å². The SMILES string of the molecule is CC(C)CCC1(C)CCN1. The Kier molecular flexibility index (Phi) is 2.35. The molecule has 10 heavy (non-hydrogen) atoms. The first-order valence-corrected chi connectivity index (χ1v) is 4.37. The van der Waals surface area contributed by atoms with Crippen LogP contribution in [0.3, 0.4) is 0 Å². The fourth-order valence-corrected chi connectivity index (χ4v) is 1.37. The van der Waals surface area contributed by atoms with Crippen LogP contribution >= 0.6 is 0 Å². The van der Waals surface area contributed by atoms with E-state index in [0.717, 1.165) is 5.92 Å². The summed E-state index contributed by atoms with van der Waals surface area (Å²) < 4.78 is 0. The summed E-state index contributed by atoms with van der Waals surface area (Å²) in [5.41, 5.74) is 0.504. The van der Waals surface area contributed by atoms with Gasteiger partial charge in [0.15, 0.2) is 0 Å². The molecule has 1 unspecified atom stereocenters. The summed E-state index contributed by atoms with van der Waals surface area (Å²) >= 11 is 0. The summed E-state index contributed by atoms with van der Waals surface area (Å²) in [4.78, 5) is 0. The first-order chi connectivity index (χ1) is 4.62. The molecule has 1 heterocycles. The Morgan fingerprint density at radius 2 is 2.10 bits per heavy atom. The van der Waals surface area contributed by atoms with Gasteiger partial charge in [-0.05, 0) is 38.6 Å². The van der Waals surface area contributed by atoms with Crippen LogP contribution in [0.1, 0.15) is 40.0 Å². The maximum atomic E-state index is 3.48. The van der Waals surface area contributed by atoms with Crippen molar-refractivity contribution in [1.82, 2.24) is 5.32 Å². The highest BCUT2D eigenvalue weighted by atomic mass is 15.0. The lowest BCUT2D eigenvalue weighted by Gasteiger charge is -2.40. The Balaban J connectivity index is 2.12. The molecule has 0 aromatic carbocycles. The van der Waals surface area contributed by atoms with Crippen LogP contribution < -0.4 is 5.32 Å². The minimum absolute atomic E-state index is 0.504. The fraction of sp³-hybridized carbons (Fsp3) is 1.00. The van der Waals surface area contributed by atoms with E-state index in [9.17, 15) is 0 Å². The van der Waals surface area contributed by atoms with E-state index >= 15 is 0 Å². The molecule has 1 fully saturated rings. The molecule has 1 N–H and O–H groups in total. The third-order valence-corrected chi connectivity index (χ3v) is 2.50. The number of rotatable bonds is 3. The lowest BCUT2D eigenvalue weighted by molar-refractivity contribution is 0.203. The summed E-state index contributed by atoms with van der Waals surface area (Å²) in [7, 11) is 0. The number of hydrogen-bond acceptors (Lipinski definition) is 1. The smallest absolute Gasteiger partial charge is 0.0165 e. The molecule has 1 aliphatic heterocycles. The van der Waals surface area contributed by atoms with E-state index in [2.05, 4.69) is 26.1 Å². The van der Waals surface area contributed by atoms with Gasteiger partial charge in [0.2, 0.25) is 0 Å². The van der Waals surface area contributed by atoms with E-state index in [1.165, 1.54) is 25.8 Å². The van der Waals surface area contributed by atoms with Crippen molar-refractivity contribution in [2.75, 3.05) is 6.54 Å². The van der Waals surface area contributed by atoms with Crippen LogP contribution in [0.4, 0.5) is 0 Å². The summed E-state index contributed by atoms with van der Waals surface area (Å²) in [6.45, 7) is 8.15. The van der Waals surface area contributed by atoms with E-state index in [1.807, 2.05) is 0 Å². The van der Waals surface area contributed by atoms with Crippen molar-refractivity contribution in [3.8, 4) is 0 Å². The van der Waals surface area contributed by atoms with Crippen molar-refractivity contribution in [3.05, 3.63) is 0 Å². The Labute approximate surface area is 64.2 Å². The highest BCUT2D eigenvalue weighted by Gasteiger charge is 2.30. The second-order valence-corrected chi connectivity index (χ2v) is 4.17. The third kappa shape index (κ3) is 1.98. The second kappa shape index (κ2) is 2.91. The molecule has 1 heteroatoms. The molecular formula is C9H19N. The molecule has 1 rings (SSSR count). The molecule has 1 atom stereocenters. The van der Waals surface area contributed by atoms with Crippen molar-refractivity contribution in [3.63, 3.8) is 0 Å². The molecule has 0 radical (unpaired) electrons. The lowest BCUT2D eigenvalue weighted by atomic mass is 9.84. The molecule has 0 amide bonds. The highest BCUT2D eigenvalue weighted by molar-refractivity contribution is 4.91. The minimum atomic E-state index is 0.504. The molecule has 1 aliphatic rings. The zero-order valence-electron chi connectivity index (χ0n) is 7.41. The molecule has 60 valence electrons. The van der Waals surface area contributed by atoms with Crippen LogP contribution in [0.15, 0.2) is 0 Å². The summed E-state index contributed by atoms with van der Waals surface area (Å²) in [6, 6.07) is 0. The largest absolute Gasteiger partial charge is 0.311 e. The monoisotopic (exact) mass is 141 g/mol. The molecule has 1 saturated heterocycles. The van der Waals surface area contributed by atoms with Gasteiger partial charge in [0, 0.05) is 5.54 Å². The van der Waals surface area contributed by atoms with E-state index in [1.54, 1.807) is 0 Å². The predicted molar refractivity (Wildman–Crippen MR) is 45.1 cm³/mol. The maximum absolute atomic E-state index is 3.48. The summed E-state index contributed by atoms with van der Waals surface area (Å²) in [6.07, 6.45) is 4.09. The standard InChI is InChI=1S/C9H19N/c1-8(2)4-5-9(3)6-7-10-9/h8,10H,4-7H2,1-3H3. The first kappa shape index (κ1) is 8.06. The maximum Gasteiger partial charge on any atom is 0.0165 e. The molecule has 0 spiro atoms. The van der Waals surface area contributed by atoms with Gasteiger partial charge in [0.1, 0.15) is 0 Å². The third-order valence-electron chi connectivity index (χ3n) is 2.50. The number of hydrogen-bond donors (Lipinski definition) is 1. The average Bonchev–Trinajstić information content (AvgIpc) is 1.79. The van der Waals surface area contributed by atoms with Gasteiger partial charge in [0.25, 0.3) is 0 Å². The van der Waals surface area contributed by atoms with Crippen molar-refractivity contribution in [2.45, 2.75) is 45.6 Å². The van der Waals surface area contributed by atoms with Gasteiger partial charge in [-0.15, -0.1) is 0 Å². The van der Waals surface area contributed by atoms with Crippen LogP contribution in [0, 0.1) is 5.92 Å². The Bertz CT molecular complexity index is 103. The highest BCUT2D eigenvalue weighted by Crippen LogP contribution is 2.25. The van der Waals surface area contributed by atoms with E-state index < -0.39 is 0 Å². The second-order valence-electron chi connectivity index (χ2n) is 4.17. The molecule has 0 bridgehead atoms. The van der Waals surface area contributed by atoms with Gasteiger partial charge < -0.3 is 5.32 Å². The predicted octanol–water partition coefficient (Wildman–Crippen LogP) is 2.17. The van der Waals surface area contributed by atoms with Crippen molar-refractivity contribution in [1.29, 1.82) is 0 Å². The molecule has 0 aliphatic carbocycles. The summed E-state index contributed by atoms with van der Waals surface area (Å²) in [5.74, 6) is 0.860. The van der Waals surface area contributed by atoms with E-state index in [0.29, 0.717) is 5.54 Å². The van der Waals surface area contributed by atoms with Crippen LogP contribution in [0.2, 0.25) is 0 Å². The van der Waals surface area contributed by atoms with Gasteiger partial charge in [-0.25, -0.2) is 0 Å². The summed E-state index contributed by atoms with van der Waals surface area (Å²) in [5, 5.41) is 3.48. The zero-order chi connectivity index (χ0) is 7.61. The molecule has 1 nitrogen and oxygen atoms in total.